The van der Waals surface area contributed by atoms with Gasteiger partial charge in [0.2, 0.25) is 10.0 Å². The van der Waals surface area contributed by atoms with E-state index in [4.69, 9.17) is 4.74 Å². The van der Waals surface area contributed by atoms with Crippen LogP contribution in [-0.4, -0.2) is 45.4 Å². The van der Waals surface area contributed by atoms with Crippen molar-refractivity contribution in [2.24, 2.45) is 0 Å². The van der Waals surface area contributed by atoms with E-state index in [0.29, 0.717) is 11.4 Å². The highest BCUT2D eigenvalue weighted by atomic mass is 32.2. The molecule has 0 N–H and O–H groups in total. The summed E-state index contributed by atoms with van der Waals surface area (Å²) in [7, 11) is 2.11. The molecule has 2 aromatic carbocycles. The summed E-state index contributed by atoms with van der Waals surface area (Å²) in [6, 6.07) is 14.8. The highest BCUT2D eigenvalue weighted by molar-refractivity contribution is 7.89. The fourth-order valence-electron chi connectivity index (χ4n) is 3.45. The minimum absolute atomic E-state index is 0.118. The Balaban J connectivity index is 1.85. The first-order chi connectivity index (χ1) is 12.4. The van der Waals surface area contributed by atoms with Crippen molar-refractivity contribution >= 4 is 10.0 Å². The van der Waals surface area contributed by atoms with Gasteiger partial charge in [-0.15, -0.1) is 0 Å². The van der Waals surface area contributed by atoms with Crippen molar-refractivity contribution in [2.45, 2.75) is 30.3 Å². The van der Waals surface area contributed by atoms with Crippen LogP contribution >= 0.6 is 0 Å². The molecule has 140 valence electrons. The molecule has 1 heterocycles. The summed E-state index contributed by atoms with van der Waals surface area (Å²) in [5.41, 5.74) is 2.11. The first kappa shape index (κ1) is 18.9. The molecular formula is C20H26N2O3S. The van der Waals surface area contributed by atoms with Crippen molar-refractivity contribution in [1.29, 1.82) is 0 Å². The molecule has 0 aliphatic carbocycles. The van der Waals surface area contributed by atoms with Gasteiger partial charge in [-0.3, -0.25) is 0 Å². The summed E-state index contributed by atoms with van der Waals surface area (Å²) in [6.45, 7) is 1.34. The molecule has 0 aromatic heterocycles. The summed E-state index contributed by atoms with van der Waals surface area (Å²) < 4.78 is 33.2. The Labute approximate surface area is 156 Å². The van der Waals surface area contributed by atoms with Crippen LogP contribution in [0.15, 0.2) is 53.4 Å². The van der Waals surface area contributed by atoms with Crippen molar-refractivity contribution in [1.82, 2.24) is 9.21 Å². The number of methoxy groups -OCH3 is 1. The molecule has 0 saturated carbocycles. The molecule has 1 unspecified atom stereocenters. The molecule has 26 heavy (non-hydrogen) atoms. The maximum absolute atomic E-state index is 13.2. The van der Waals surface area contributed by atoms with Crippen LogP contribution in [0.4, 0.5) is 0 Å². The van der Waals surface area contributed by atoms with Crippen LogP contribution in [0, 0.1) is 0 Å². The van der Waals surface area contributed by atoms with Crippen LogP contribution in [0.3, 0.4) is 0 Å². The Morgan fingerprint density at radius 1 is 1.08 bits per heavy atom. The van der Waals surface area contributed by atoms with Gasteiger partial charge in [-0.05, 0) is 62.3 Å². The molecule has 0 radical (unpaired) electrons. The van der Waals surface area contributed by atoms with Crippen LogP contribution in [0.25, 0.3) is 0 Å². The molecule has 1 saturated heterocycles. The van der Waals surface area contributed by atoms with Crippen molar-refractivity contribution in [2.75, 3.05) is 27.7 Å². The summed E-state index contributed by atoms with van der Waals surface area (Å²) in [5.74, 6) is 0.776. The second kappa shape index (κ2) is 7.78. The standard InChI is InChI=1S/C20H26N2O3S/c1-21(2)15-16-6-12-19(13-7-16)26(23,24)22-14-4-5-20(22)17-8-10-18(25-3)11-9-17/h6-13,20H,4-5,14-15H2,1-3H3. The molecule has 1 atom stereocenters. The lowest BCUT2D eigenvalue weighted by Crippen LogP contribution is -2.30. The van der Waals surface area contributed by atoms with Crippen molar-refractivity contribution in [3.05, 3.63) is 59.7 Å². The van der Waals surface area contributed by atoms with Gasteiger partial charge in [0.1, 0.15) is 5.75 Å². The SMILES string of the molecule is COc1ccc(C2CCCN2S(=O)(=O)c2ccc(CN(C)C)cc2)cc1. The first-order valence-electron chi connectivity index (χ1n) is 8.81. The summed E-state index contributed by atoms with van der Waals surface area (Å²) in [5, 5.41) is 0. The number of hydrogen-bond acceptors (Lipinski definition) is 4. The Kier molecular flexibility index (Phi) is 5.65. The zero-order valence-corrected chi connectivity index (χ0v) is 16.4. The number of benzene rings is 2. The molecule has 0 spiro atoms. The zero-order chi connectivity index (χ0) is 18.7. The van der Waals surface area contributed by atoms with E-state index in [9.17, 15) is 8.42 Å². The largest absolute Gasteiger partial charge is 0.497 e. The lowest BCUT2D eigenvalue weighted by atomic mass is 10.1. The van der Waals surface area contributed by atoms with Crippen molar-refractivity contribution in [3.63, 3.8) is 0 Å². The molecule has 1 fully saturated rings. The maximum Gasteiger partial charge on any atom is 0.243 e. The van der Waals surface area contributed by atoms with Gasteiger partial charge in [-0.2, -0.15) is 4.31 Å². The van der Waals surface area contributed by atoms with E-state index in [-0.39, 0.29) is 6.04 Å². The van der Waals surface area contributed by atoms with Crippen LogP contribution in [0.2, 0.25) is 0 Å². The van der Waals surface area contributed by atoms with Gasteiger partial charge in [-0.25, -0.2) is 8.42 Å². The molecule has 5 nitrogen and oxygen atoms in total. The van der Waals surface area contributed by atoms with Gasteiger partial charge in [0, 0.05) is 13.1 Å². The third-order valence-electron chi connectivity index (χ3n) is 4.73. The number of nitrogens with zero attached hydrogens (tertiary/aromatic N) is 2. The fraction of sp³-hybridized carbons (Fsp3) is 0.400. The van der Waals surface area contributed by atoms with Crippen LogP contribution in [-0.2, 0) is 16.6 Å². The number of rotatable bonds is 6. The predicted molar refractivity (Wildman–Crippen MR) is 103 cm³/mol. The predicted octanol–water partition coefficient (Wildman–Crippen LogP) is 3.28. The van der Waals surface area contributed by atoms with E-state index >= 15 is 0 Å². The second-order valence-corrected chi connectivity index (χ2v) is 8.82. The van der Waals surface area contributed by atoms with Gasteiger partial charge in [-0.1, -0.05) is 24.3 Å². The third kappa shape index (κ3) is 3.92. The maximum atomic E-state index is 13.2. The Morgan fingerprint density at radius 3 is 2.31 bits per heavy atom. The Hall–Kier alpha value is -1.89. The lowest BCUT2D eigenvalue weighted by Gasteiger charge is -2.24. The molecule has 1 aliphatic heterocycles. The van der Waals surface area contributed by atoms with Gasteiger partial charge in [0.25, 0.3) is 0 Å². The van der Waals surface area contributed by atoms with Crippen LogP contribution in [0.5, 0.6) is 5.75 Å². The highest BCUT2D eigenvalue weighted by Crippen LogP contribution is 2.37. The molecule has 3 rings (SSSR count). The fourth-order valence-corrected chi connectivity index (χ4v) is 5.14. The van der Waals surface area contributed by atoms with Gasteiger partial charge < -0.3 is 9.64 Å². The highest BCUT2D eigenvalue weighted by Gasteiger charge is 2.36. The van der Waals surface area contributed by atoms with E-state index in [2.05, 4.69) is 4.90 Å². The van der Waals surface area contributed by atoms with E-state index in [1.165, 1.54) is 0 Å². The molecule has 2 aromatic rings. The van der Waals surface area contributed by atoms with Crippen molar-refractivity contribution in [3.8, 4) is 5.75 Å². The van der Waals surface area contributed by atoms with Crippen molar-refractivity contribution < 1.29 is 13.2 Å². The molecule has 6 heteroatoms. The van der Waals surface area contributed by atoms with E-state index in [1.807, 2.05) is 50.5 Å². The van der Waals surface area contributed by atoms with Gasteiger partial charge in [0.15, 0.2) is 0 Å². The zero-order valence-electron chi connectivity index (χ0n) is 15.6. The average molecular weight is 375 g/mol. The number of hydrogen-bond donors (Lipinski definition) is 0. The summed E-state index contributed by atoms with van der Waals surface area (Å²) in [4.78, 5) is 2.42. The molecule has 0 amide bonds. The smallest absolute Gasteiger partial charge is 0.243 e. The molecule has 0 bridgehead atoms. The Bertz CT molecular complexity index is 830. The molecular weight excluding hydrogens is 348 g/mol. The van der Waals surface area contributed by atoms with Gasteiger partial charge >= 0.3 is 0 Å². The van der Waals surface area contributed by atoms with E-state index in [1.54, 1.807) is 23.5 Å². The normalized spacial score (nSPS) is 18.4. The topological polar surface area (TPSA) is 49.9 Å². The number of ether oxygens (including phenoxy) is 1. The second-order valence-electron chi connectivity index (χ2n) is 6.93. The summed E-state index contributed by atoms with van der Waals surface area (Å²) in [6.07, 6.45) is 1.71. The monoisotopic (exact) mass is 374 g/mol. The minimum Gasteiger partial charge on any atom is -0.497 e. The van der Waals surface area contributed by atoms with E-state index < -0.39 is 10.0 Å². The van der Waals surface area contributed by atoms with Crippen LogP contribution < -0.4 is 4.74 Å². The van der Waals surface area contributed by atoms with E-state index in [0.717, 1.165) is 36.3 Å². The Morgan fingerprint density at radius 2 is 1.73 bits per heavy atom. The third-order valence-corrected chi connectivity index (χ3v) is 6.66. The summed E-state index contributed by atoms with van der Waals surface area (Å²) >= 11 is 0. The lowest BCUT2D eigenvalue weighted by molar-refractivity contribution is 0.394. The molecule has 1 aliphatic rings. The number of sulfonamides is 1. The average Bonchev–Trinajstić information content (AvgIpc) is 3.12. The quantitative estimate of drug-likeness (QED) is 0.779. The van der Waals surface area contributed by atoms with Gasteiger partial charge in [0.05, 0.1) is 18.0 Å². The minimum atomic E-state index is -3.51. The van der Waals surface area contributed by atoms with Crippen LogP contribution in [0.1, 0.15) is 30.0 Å². The first-order valence-corrected chi connectivity index (χ1v) is 10.3.